The van der Waals surface area contributed by atoms with Gasteiger partial charge in [-0.05, 0) is 30.3 Å². The van der Waals surface area contributed by atoms with Gasteiger partial charge in [-0.3, -0.25) is 4.79 Å². The summed E-state index contributed by atoms with van der Waals surface area (Å²) in [6.45, 7) is 0.977. The van der Waals surface area contributed by atoms with E-state index < -0.39 is 30.2 Å². The molecule has 0 atom stereocenters. The Morgan fingerprint density at radius 1 is 1.00 bits per heavy atom. The summed E-state index contributed by atoms with van der Waals surface area (Å²) in [6.07, 6.45) is -4.60. The molecule has 0 aliphatic carbocycles. The minimum atomic E-state index is -4.60. The van der Waals surface area contributed by atoms with Crippen molar-refractivity contribution in [2.45, 2.75) is 6.18 Å². The van der Waals surface area contributed by atoms with Crippen LogP contribution in [0.5, 0.6) is 17.2 Å². The number of alkyl halides is 3. The number of nitrogens with one attached hydrogen (secondary N) is 1. The van der Waals surface area contributed by atoms with Crippen LogP contribution in [0.3, 0.4) is 0 Å². The smallest absolute Gasteiger partial charge is 0.416 e. The van der Waals surface area contributed by atoms with E-state index in [1.54, 1.807) is 4.90 Å². The Balaban J connectivity index is 1.75. The topological polar surface area (TPSA) is 95.6 Å². The van der Waals surface area contributed by atoms with Gasteiger partial charge >= 0.3 is 12.1 Å². The van der Waals surface area contributed by atoms with E-state index in [9.17, 15) is 22.8 Å². The van der Waals surface area contributed by atoms with Crippen LogP contribution in [0.4, 0.5) is 24.5 Å². The molecule has 0 bridgehead atoms. The molecule has 2 aromatic rings. The van der Waals surface area contributed by atoms with E-state index in [2.05, 4.69) is 5.32 Å². The lowest BCUT2D eigenvalue weighted by molar-refractivity contribution is -0.137. The van der Waals surface area contributed by atoms with Crippen LogP contribution in [0.2, 0.25) is 0 Å². The highest BCUT2D eigenvalue weighted by Crippen LogP contribution is 2.38. The molecule has 12 heteroatoms. The summed E-state index contributed by atoms with van der Waals surface area (Å²) in [4.78, 5) is 26.8. The number of carbonyl (C=O) groups excluding carboxylic acids is 2. The summed E-state index contributed by atoms with van der Waals surface area (Å²) in [5.41, 5.74) is -0.527. The van der Waals surface area contributed by atoms with Crippen molar-refractivity contribution in [1.82, 2.24) is 0 Å². The molecule has 35 heavy (non-hydrogen) atoms. The van der Waals surface area contributed by atoms with Crippen LogP contribution in [-0.2, 0) is 20.4 Å². The average molecular weight is 498 g/mol. The number of anilines is 2. The van der Waals surface area contributed by atoms with Gasteiger partial charge in [-0.1, -0.05) is 0 Å². The predicted molar refractivity (Wildman–Crippen MR) is 119 cm³/mol. The normalized spacial score (nSPS) is 13.7. The fourth-order valence-electron chi connectivity index (χ4n) is 3.49. The average Bonchev–Trinajstić information content (AvgIpc) is 2.86. The second-order valence-corrected chi connectivity index (χ2v) is 7.37. The summed E-state index contributed by atoms with van der Waals surface area (Å²) < 4.78 is 65.7. The first-order valence-electron chi connectivity index (χ1n) is 10.5. The molecule has 0 unspecified atom stereocenters. The molecular formula is C23H25F3N2O7. The van der Waals surface area contributed by atoms with E-state index >= 15 is 0 Å². The molecule has 0 saturated carbocycles. The molecule has 2 aromatic carbocycles. The monoisotopic (exact) mass is 498 g/mol. The summed E-state index contributed by atoms with van der Waals surface area (Å²) in [5.74, 6) is -0.981. The minimum absolute atomic E-state index is 0.0281. The number of amides is 1. The molecule has 1 aliphatic rings. The van der Waals surface area contributed by atoms with Crippen LogP contribution in [-0.4, -0.2) is 66.1 Å². The third-order valence-electron chi connectivity index (χ3n) is 5.18. The molecule has 0 radical (unpaired) electrons. The number of esters is 1. The number of morpholine rings is 1. The molecule has 3 rings (SSSR count). The van der Waals surface area contributed by atoms with Gasteiger partial charge in [-0.2, -0.15) is 13.2 Å². The fraction of sp³-hybridized carbons (Fsp3) is 0.391. The van der Waals surface area contributed by atoms with E-state index in [1.165, 1.54) is 39.5 Å². The van der Waals surface area contributed by atoms with Crippen LogP contribution in [0.15, 0.2) is 30.3 Å². The van der Waals surface area contributed by atoms with Gasteiger partial charge < -0.3 is 33.9 Å². The lowest BCUT2D eigenvalue weighted by atomic mass is 10.1. The van der Waals surface area contributed by atoms with E-state index in [4.69, 9.17) is 23.7 Å². The summed E-state index contributed by atoms with van der Waals surface area (Å²) in [7, 11) is 4.16. The lowest BCUT2D eigenvalue weighted by Crippen LogP contribution is -2.37. The first-order chi connectivity index (χ1) is 16.7. The Kier molecular flexibility index (Phi) is 8.28. The SMILES string of the molecule is COc1cc(C(=O)OCC(=O)Nc2cc(C(F)(F)F)ccc2N2CCOCC2)cc(OC)c1OC. The van der Waals surface area contributed by atoms with Crippen molar-refractivity contribution in [2.75, 3.05) is 64.5 Å². The van der Waals surface area contributed by atoms with Gasteiger partial charge in [0.2, 0.25) is 5.75 Å². The van der Waals surface area contributed by atoms with Gasteiger partial charge in [0.15, 0.2) is 18.1 Å². The second kappa shape index (κ2) is 11.2. The fourth-order valence-corrected chi connectivity index (χ4v) is 3.49. The summed E-state index contributed by atoms with van der Waals surface area (Å²) in [5, 5.41) is 2.42. The zero-order valence-corrected chi connectivity index (χ0v) is 19.4. The van der Waals surface area contributed by atoms with Crippen LogP contribution >= 0.6 is 0 Å². The number of halogens is 3. The van der Waals surface area contributed by atoms with Crippen molar-refractivity contribution in [2.24, 2.45) is 0 Å². The number of nitrogens with zero attached hydrogens (tertiary/aromatic N) is 1. The molecule has 1 heterocycles. The van der Waals surface area contributed by atoms with E-state index in [0.29, 0.717) is 32.0 Å². The van der Waals surface area contributed by atoms with E-state index in [-0.39, 0.29) is 28.5 Å². The third kappa shape index (κ3) is 6.27. The molecule has 1 fully saturated rings. The molecule has 0 spiro atoms. The highest BCUT2D eigenvalue weighted by molar-refractivity contribution is 5.98. The third-order valence-corrected chi connectivity index (χ3v) is 5.18. The number of hydrogen-bond acceptors (Lipinski definition) is 8. The predicted octanol–water partition coefficient (Wildman–Crippen LogP) is 3.36. The van der Waals surface area contributed by atoms with Crippen molar-refractivity contribution >= 4 is 23.3 Å². The summed E-state index contributed by atoms with van der Waals surface area (Å²) in [6, 6.07) is 5.80. The standard InChI is InChI=1S/C23H25F3N2O7/c1-31-18-10-14(11-19(32-2)21(18)33-3)22(30)35-13-20(29)27-16-12-15(23(24,25)26)4-5-17(16)28-6-8-34-9-7-28/h4-5,10-12H,6-9,13H2,1-3H3,(H,27,29). The van der Waals surface area contributed by atoms with Gasteiger partial charge in [0, 0.05) is 13.1 Å². The van der Waals surface area contributed by atoms with Crippen molar-refractivity contribution < 1.29 is 46.4 Å². The molecule has 9 nitrogen and oxygen atoms in total. The molecule has 1 amide bonds. The van der Waals surface area contributed by atoms with Crippen molar-refractivity contribution in [3.05, 3.63) is 41.5 Å². The Bertz CT molecular complexity index is 1040. The number of rotatable bonds is 8. The lowest BCUT2D eigenvalue weighted by Gasteiger charge is -2.31. The Hall–Kier alpha value is -3.67. The number of hydrogen-bond donors (Lipinski definition) is 1. The molecule has 1 aliphatic heterocycles. The maximum atomic E-state index is 13.3. The Morgan fingerprint density at radius 3 is 2.17 bits per heavy atom. The van der Waals surface area contributed by atoms with Gasteiger partial charge in [-0.25, -0.2) is 4.79 Å². The van der Waals surface area contributed by atoms with E-state index in [0.717, 1.165) is 12.1 Å². The van der Waals surface area contributed by atoms with Crippen molar-refractivity contribution in [1.29, 1.82) is 0 Å². The van der Waals surface area contributed by atoms with Crippen LogP contribution in [0.25, 0.3) is 0 Å². The van der Waals surface area contributed by atoms with Crippen LogP contribution in [0, 0.1) is 0 Å². The van der Waals surface area contributed by atoms with Gasteiger partial charge in [0.05, 0.1) is 57.0 Å². The highest BCUT2D eigenvalue weighted by atomic mass is 19.4. The number of methoxy groups -OCH3 is 3. The molecule has 1 N–H and O–H groups in total. The second-order valence-electron chi connectivity index (χ2n) is 7.37. The van der Waals surface area contributed by atoms with Crippen molar-refractivity contribution in [3.8, 4) is 17.2 Å². The maximum Gasteiger partial charge on any atom is 0.416 e. The quantitative estimate of drug-likeness (QED) is 0.554. The Morgan fingerprint density at radius 2 is 1.63 bits per heavy atom. The molecular weight excluding hydrogens is 473 g/mol. The Labute approximate surface area is 199 Å². The number of ether oxygens (including phenoxy) is 5. The highest BCUT2D eigenvalue weighted by Gasteiger charge is 2.32. The van der Waals surface area contributed by atoms with Gasteiger partial charge in [0.25, 0.3) is 5.91 Å². The summed E-state index contributed by atoms with van der Waals surface area (Å²) >= 11 is 0. The largest absolute Gasteiger partial charge is 0.493 e. The van der Waals surface area contributed by atoms with Gasteiger partial charge in [0.1, 0.15) is 0 Å². The molecule has 0 aromatic heterocycles. The minimum Gasteiger partial charge on any atom is -0.493 e. The van der Waals surface area contributed by atoms with E-state index in [1.807, 2.05) is 0 Å². The number of benzene rings is 2. The van der Waals surface area contributed by atoms with Crippen LogP contribution in [0.1, 0.15) is 15.9 Å². The molecule has 1 saturated heterocycles. The van der Waals surface area contributed by atoms with Crippen molar-refractivity contribution in [3.63, 3.8) is 0 Å². The first kappa shape index (κ1) is 25.9. The zero-order valence-electron chi connectivity index (χ0n) is 19.4. The maximum absolute atomic E-state index is 13.3. The first-order valence-corrected chi connectivity index (χ1v) is 10.5. The van der Waals surface area contributed by atoms with Crippen LogP contribution < -0.4 is 24.4 Å². The van der Waals surface area contributed by atoms with Gasteiger partial charge in [-0.15, -0.1) is 0 Å². The molecule has 190 valence electrons. The number of carbonyl (C=O) groups is 2. The zero-order chi connectivity index (χ0) is 25.6.